The van der Waals surface area contributed by atoms with Gasteiger partial charge in [0.1, 0.15) is 5.69 Å². The van der Waals surface area contributed by atoms with Crippen LogP contribution in [-0.4, -0.2) is 55.6 Å². The SMILES string of the molecule is CCCCN(C)C(=O)c1ccc(N2CCN(c3cccc(Cl)c3)CC2)cn1. The summed E-state index contributed by atoms with van der Waals surface area (Å²) < 4.78 is 0. The zero-order valence-corrected chi connectivity index (χ0v) is 16.8. The Labute approximate surface area is 166 Å². The first-order chi connectivity index (χ1) is 13.1. The Morgan fingerprint density at radius 1 is 1.11 bits per heavy atom. The number of carbonyl (C=O) groups excluding carboxylic acids is 1. The molecule has 0 atom stereocenters. The monoisotopic (exact) mass is 386 g/mol. The van der Waals surface area contributed by atoms with Crippen molar-refractivity contribution in [3.05, 3.63) is 53.3 Å². The summed E-state index contributed by atoms with van der Waals surface area (Å²) in [5, 5.41) is 0.767. The number of pyridine rings is 1. The number of carbonyl (C=O) groups is 1. The molecule has 0 unspecified atom stereocenters. The molecule has 0 saturated carbocycles. The lowest BCUT2D eigenvalue weighted by molar-refractivity contribution is 0.0787. The van der Waals surface area contributed by atoms with Crippen LogP contribution in [0.3, 0.4) is 0 Å². The minimum absolute atomic E-state index is 0.0132. The van der Waals surface area contributed by atoms with Crippen LogP contribution >= 0.6 is 11.6 Å². The smallest absolute Gasteiger partial charge is 0.272 e. The average Bonchev–Trinajstić information content (AvgIpc) is 2.71. The molecule has 1 aromatic carbocycles. The van der Waals surface area contributed by atoms with E-state index in [1.807, 2.05) is 43.6 Å². The maximum Gasteiger partial charge on any atom is 0.272 e. The second kappa shape index (κ2) is 9.09. The van der Waals surface area contributed by atoms with E-state index < -0.39 is 0 Å². The topological polar surface area (TPSA) is 39.7 Å². The average molecular weight is 387 g/mol. The quantitative estimate of drug-likeness (QED) is 0.754. The third-order valence-electron chi connectivity index (χ3n) is 4.98. The molecule has 0 radical (unpaired) electrons. The van der Waals surface area contributed by atoms with E-state index in [-0.39, 0.29) is 5.91 Å². The highest BCUT2D eigenvalue weighted by molar-refractivity contribution is 6.30. The van der Waals surface area contributed by atoms with Gasteiger partial charge in [0.25, 0.3) is 5.91 Å². The van der Waals surface area contributed by atoms with Crippen molar-refractivity contribution in [2.24, 2.45) is 0 Å². The summed E-state index contributed by atoms with van der Waals surface area (Å²) in [6, 6.07) is 11.8. The van der Waals surface area contributed by atoms with Crippen molar-refractivity contribution < 1.29 is 4.79 Å². The Kier molecular flexibility index (Phi) is 6.56. The van der Waals surface area contributed by atoms with E-state index in [1.54, 1.807) is 4.90 Å². The van der Waals surface area contributed by atoms with Crippen LogP contribution in [0.2, 0.25) is 5.02 Å². The van der Waals surface area contributed by atoms with Crippen LogP contribution in [0.15, 0.2) is 42.6 Å². The van der Waals surface area contributed by atoms with Gasteiger partial charge in [-0.25, -0.2) is 4.98 Å². The first-order valence-corrected chi connectivity index (χ1v) is 9.93. The fourth-order valence-corrected chi connectivity index (χ4v) is 3.47. The largest absolute Gasteiger partial charge is 0.368 e. The summed E-state index contributed by atoms with van der Waals surface area (Å²) >= 11 is 6.10. The molecule has 1 aromatic heterocycles. The molecule has 6 heteroatoms. The minimum Gasteiger partial charge on any atom is -0.368 e. The van der Waals surface area contributed by atoms with Crippen LogP contribution in [0.5, 0.6) is 0 Å². The fourth-order valence-electron chi connectivity index (χ4n) is 3.29. The van der Waals surface area contributed by atoms with Crippen molar-refractivity contribution in [3.8, 4) is 0 Å². The number of halogens is 1. The summed E-state index contributed by atoms with van der Waals surface area (Å²) in [4.78, 5) is 23.2. The molecule has 2 aromatic rings. The number of rotatable bonds is 6. The standard InChI is InChI=1S/C21H27ClN4O/c1-3-4-10-24(2)21(27)20-9-8-19(16-23-20)26-13-11-25(12-14-26)18-7-5-6-17(22)15-18/h5-9,15-16H,3-4,10-14H2,1-2H3. The molecule has 0 N–H and O–H groups in total. The van der Waals surface area contributed by atoms with Gasteiger partial charge in [-0.2, -0.15) is 0 Å². The van der Waals surface area contributed by atoms with E-state index in [4.69, 9.17) is 11.6 Å². The molecular formula is C21H27ClN4O. The van der Waals surface area contributed by atoms with Gasteiger partial charge in [0, 0.05) is 50.5 Å². The van der Waals surface area contributed by atoms with E-state index in [2.05, 4.69) is 27.8 Å². The molecule has 3 rings (SSSR count). The van der Waals surface area contributed by atoms with Gasteiger partial charge in [-0.15, -0.1) is 0 Å². The van der Waals surface area contributed by atoms with Crippen LogP contribution < -0.4 is 9.80 Å². The zero-order valence-electron chi connectivity index (χ0n) is 16.1. The molecule has 0 bridgehead atoms. The number of amides is 1. The summed E-state index contributed by atoms with van der Waals surface area (Å²) in [6.07, 6.45) is 3.90. The van der Waals surface area contributed by atoms with Crippen molar-refractivity contribution in [1.29, 1.82) is 0 Å². The molecule has 144 valence electrons. The number of piperazine rings is 1. The molecule has 0 aliphatic carbocycles. The van der Waals surface area contributed by atoms with Crippen molar-refractivity contribution in [2.45, 2.75) is 19.8 Å². The number of hydrogen-bond acceptors (Lipinski definition) is 4. The fraction of sp³-hybridized carbons (Fsp3) is 0.429. The molecule has 27 heavy (non-hydrogen) atoms. The molecule has 1 saturated heterocycles. The highest BCUT2D eigenvalue weighted by atomic mass is 35.5. The lowest BCUT2D eigenvalue weighted by atomic mass is 10.2. The van der Waals surface area contributed by atoms with E-state index in [9.17, 15) is 4.79 Å². The predicted molar refractivity (Wildman–Crippen MR) is 112 cm³/mol. The number of unbranched alkanes of at least 4 members (excludes halogenated alkanes) is 1. The number of aromatic nitrogens is 1. The van der Waals surface area contributed by atoms with E-state index in [1.165, 1.54) is 0 Å². The molecule has 1 aliphatic heterocycles. The van der Waals surface area contributed by atoms with Gasteiger partial charge in [0.05, 0.1) is 11.9 Å². The third kappa shape index (κ3) is 4.92. The number of hydrogen-bond donors (Lipinski definition) is 0. The Hall–Kier alpha value is -2.27. The minimum atomic E-state index is -0.0132. The Balaban J connectivity index is 1.58. The highest BCUT2D eigenvalue weighted by Crippen LogP contribution is 2.23. The van der Waals surface area contributed by atoms with Gasteiger partial charge in [0.2, 0.25) is 0 Å². The first-order valence-electron chi connectivity index (χ1n) is 9.55. The summed E-state index contributed by atoms with van der Waals surface area (Å²) in [5.74, 6) is -0.0132. The van der Waals surface area contributed by atoms with Gasteiger partial charge in [0.15, 0.2) is 0 Å². The molecule has 1 amide bonds. The van der Waals surface area contributed by atoms with E-state index in [0.29, 0.717) is 5.69 Å². The van der Waals surface area contributed by atoms with Gasteiger partial charge >= 0.3 is 0 Å². The first kappa shape index (κ1) is 19.5. The van der Waals surface area contributed by atoms with Crippen LogP contribution in [0, 0.1) is 0 Å². The van der Waals surface area contributed by atoms with Gasteiger partial charge < -0.3 is 14.7 Å². The van der Waals surface area contributed by atoms with Crippen molar-refractivity contribution >= 4 is 28.9 Å². The second-order valence-electron chi connectivity index (χ2n) is 6.94. The van der Waals surface area contributed by atoms with Crippen LogP contribution in [-0.2, 0) is 0 Å². The summed E-state index contributed by atoms with van der Waals surface area (Å²) in [5.41, 5.74) is 2.74. The maximum absolute atomic E-state index is 12.4. The lowest BCUT2D eigenvalue weighted by Crippen LogP contribution is -2.46. The normalized spacial score (nSPS) is 14.3. The molecule has 2 heterocycles. The number of benzene rings is 1. The van der Waals surface area contributed by atoms with Crippen LogP contribution in [0.25, 0.3) is 0 Å². The van der Waals surface area contributed by atoms with Crippen molar-refractivity contribution in [2.75, 3.05) is 49.6 Å². The van der Waals surface area contributed by atoms with E-state index in [0.717, 1.165) is 62.0 Å². The van der Waals surface area contributed by atoms with Gasteiger partial charge in [-0.05, 0) is 36.8 Å². The Bertz CT molecular complexity index is 757. The third-order valence-corrected chi connectivity index (χ3v) is 5.21. The van der Waals surface area contributed by atoms with Crippen LogP contribution in [0.1, 0.15) is 30.3 Å². The van der Waals surface area contributed by atoms with Crippen molar-refractivity contribution in [1.82, 2.24) is 9.88 Å². The lowest BCUT2D eigenvalue weighted by Gasteiger charge is -2.37. The van der Waals surface area contributed by atoms with Crippen molar-refractivity contribution in [3.63, 3.8) is 0 Å². The van der Waals surface area contributed by atoms with Gasteiger partial charge in [-0.1, -0.05) is 31.0 Å². The van der Waals surface area contributed by atoms with Crippen LogP contribution in [0.4, 0.5) is 11.4 Å². The van der Waals surface area contributed by atoms with E-state index >= 15 is 0 Å². The summed E-state index contributed by atoms with van der Waals surface area (Å²) in [7, 11) is 1.84. The Morgan fingerprint density at radius 2 is 1.81 bits per heavy atom. The number of anilines is 2. The molecule has 1 fully saturated rings. The molecule has 0 spiro atoms. The number of nitrogens with zero attached hydrogens (tertiary/aromatic N) is 4. The summed E-state index contributed by atoms with van der Waals surface area (Å²) in [6.45, 7) is 6.58. The van der Waals surface area contributed by atoms with Gasteiger partial charge in [-0.3, -0.25) is 4.79 Å². The Morgan fingerprint density at radius 3 is 2.41 bits per heavy atom. The molecular weight excluding hydrogens is 360 g/mol. The zero-order chi connectivity index (χ0) is 19.2. The highest BCUT2D eigenvalue weighted by Gasteiger charge is 2.19. The predicted octanol–water partition coefficient (Wildman–Crippen LogP) is 3.93. The second-order valence-corrected chi connectivity index (χ2v) is 7.37. The maximum atomic E-state index is 12.4. The molecule has 1 aliphatic rings. The molecule has 5 nitrogen and oxygen atoms in total.